The zero-order chi connectivity index (χ0) is 12.8. The monoisotopic (exact) mass is 242 g/mol. The molecule has 2 rings (SSSR count). The second kappa shape index (κ2) is 3.40. The quantitative estimate of drug-likeness (QED) is 0.845. The maximum absolute atomic E-state index is 13.9. The van der Waals surface area contributed by atoms with Gasteiger partial charge in [-0.05, 0) is 32.0 Å². The number of fused-ring (bicyclic) bond motifs is 1. The lowest BCUT2D eigenvalue weighted by molar-refractivity contribution is -0.0671. The van der Waals surface area contributed by atoms with Crippen LogP contribution in [0, 0.1) is 0 Å². The standard InChI is InChI=1S/C11H12F2N2O2/c1-10(2,14)11(12,13)6-3-4-8-7(5-6)15-9(16)17-8/h3-5H,14H2,1-2H3,(H,15,16). The van der Waals surface area contributed by atoms with Crippen molar-refractivity contribution in [1.82, 2.24) is 4.98 Å². The first-order chi connectivity index (χ1) is 7.72. The number of aromatic nitrogens is 1. The van der Waals surface area contributed by atoms with Crippen LogP contribution in [0.25, 0.3) is 11.1 Å². The Labute approximate surface area is 95.4 Å². The Morgan fingerprint density at radius 2 is 2.00 bits per heavy atom. The van der Waals surface area contributed by atoms with E-state index in [0.29, 0.717) is 0 Å². The van der Waals surface area contributed by atoms with Gasteiger partial charge in [-0.25, -0.2) is 4.79 Å². The van der Waals surface area contributed by atoms with Crippen LogP contribution in [0.5, 0.6) is 0 Å². The molecular formula is C11H12F2N2O2. The van der Waals surface area contributed by atoms with Crippen molar-refractivity contribution < 1.29 is 13.2 Å². The number of alkyl halides is 2. The van der Waals surface area contributed by atoms with Crippen LogP contribution in [-0.4, -0.2) is 10.5 Å². The number of nitrogens with two attached hydrogens (primary N) is 1. The normalized spacial score (nSPS) is 13.2. The predicted octanol–water partition coefficient (Wildman–Crippen LogP) is 1.95. The Kier molecular flexibility index (Phi) is 2.36. The second-order valence-electron chi connectivity index (χ2n) is 4.52. The van der Waals surface area contributed by atoms with Crippen molar-refractivity contribution in [3.63, 3.8) is 0 Å². The van der Waals surface area contributed by atoms with E-state index >= 15 is 0 Å². The minimum absolute atomic E-state index is 0.233. The van der Waals surface area contributed by atoms with Crippen LogP contribution in [0.4, 0.5) is 8.78 Å². The topological polar surface area (TPSA) is 72.0 Å². The zero-order valence-corrected chi connectivity index (χ0v) is 9.38. The van der Waals surface area contributed by atoms with Gasteiger partial charge in [-0.2, -0.15) is 8.78 Å². The molecule has 0 spiro atoms. The number of hydrogen-bond acceptors (Lipinski definition) is 3. The molecule has 1 heterocycles. The molecule has 92 valence electrons. The Morgan fingerprint density at radius 1 is 1.35 bits per heavy atom. The molecule has 3 N–H and O–H groups in total. The molecule has 0 aliphatic carbocycles. The Balaban J connectivity index is 2.60. The third kappa shape index (κ3) is 1.84. The van der Waals surface area contributed by atoms with Gasteiger partial charge in [0.15, 0.2) is 5.58 Å². The molecular weight excluding hydrogens is 230 g/mol. The fourth-order valence-electron chi connectivity index (χ4n) is 1.52. The van der Waals surface area contributed by atoms with Gasteiger partial charge >= 0.3 is 5.76 Å². The molecule has 0 radical (unpaired) electrons. The molecule has 0 aliphatic heterocycles. The molecule has 6 heteroatoms. The van der Waals surface area contributed by atoms with E-state index in [1.165, 1.54) is 32.0 Å². The Hall–Kier alpha value is -1.69. The maximum atomic E-state index is 13.9. The number of H-pyrrole nitrogens is 1. The van der Waals surface area contributed by atoms with Crippen molar-refractivity contribution in [2.45, 2.75) is 25.3 Å². The van der Waals surface area contributed by atoms with E-state index in [9.17, 15) is 13.6 Å². The number of aromatic amines is 1. The summed E-state index contributed by atoms with van der Waals surface area (Å²) in [7, 11) is 0. The summed E-state index contributed by atoms with van der Waals surface area (Å²) >= 11 is 0. The van der Waals surface area contributed by atoms with Crippen LogP contribution in [0.15, 0.2) is 27.4 Å². The molecule has 0 aliphatic rings. The summed E-state index contributed by atoms with van der Waals surface area (Å²) in [6.45, 7) is 2.49. The fourth-order valence-corrected chi connectivity index (χ4v) is 1.52. The molecule has 0 saturated heterocycles. The number of hydrogen-bond donors (Lipinski definition) is 2. The molecule has 0 unspecified atom stereocenters. The molecule has 0 amide bonds. The first-order valence-electron chi connectivity index (χ1n) is 5.02. The van der Waals surface area contributed by atoms with Crippen molar-refractivity contribution in [2.24, 2.45) is 5.73 Å². The van der Waals surface area contributed by atoms with Crippen molar-refractivity contribution in [1.29, 1.82) is 0 Å². The highest BCUT2D eigenvalue weighted by molar-refractivity contribution is 5.73. The van der Waals surface area contributed by atoms with Crippen LogP contribution in [-0.2, 0) is 5.92 Å². The average molecular weight is 242 g/mol. The molecule has 2 aromatic rings. The van der Waals surface area contributed by atoms with Crippen LogP contribution < -0.4 is 11.5 Å². The molecule has 0 bridgehead atoms. The van der Waals surface area contributed by atoms with Crippen LogP contribution in [0.1, 0.15) is 19.4 Å². The lowest BCUT2D eigenvalue weighted by Crippen LogP contribution is -2.48. The summed E-state index contributed by atoms with van der Waals surface area (Å²) in [5, 5.41) is 0. The van der Waals surface area contributed by atoms with Gasteiger partial charge in [-0.3, -0.25) is 4.98 Å². The summed E-state index contributed by atoms with van der Waals surface area (Å²) in [5.74, 6) is -3.87. The predicted molar refractivity (Wildman–Crippen MR) is 59.0 cm³/mol. The molecule has 1 aromatic heterocycles. The van der Waals surface area contributed by atoms with E-state index in [0.717, 1.165) is 0 Å². The number of oxazole rings is 1. The number of halogens is 2. The third-order valence-corrected chi connectivity index (χ3v) is 2.59. The molecule has 17 heavy (non-hydrogen) atoms. The van der Waals surface area contributed by atoms with E-state index in [1.54, 1.807) is 0 Å². The summed E-state index contributed by atoms with van der Waals surface area (Å²) < 4.78 is 32.6. The Bertz CT molecular complexity index is 608. The zero-order valence-electron chi connectivity index (χ0n) is 9.38. The van der Waals surface area contributed by atoms with Gasteiger partial charge in [0.25, 0.3) is 5.92 Å². The van der Waals surface area contributed by atoms with Crippen LogP contribution in [0.2, 0.25) is 0 Å². The highest BCUT2D eigenvalue weighted by atomic mass is 19.3. The van der Waals surface area contributed by atoms with Gasteiger partial charge in [0.1, 0.15) is 0 Å². The molecule has 0 saturated carbocycles. The number of rotatable bonds is 2. The summed E-state index contributed by atoms with van der Waals surface area (Å²) in [4.78, 5) is 13.2. The maximum Gasteiger partial charge on any atom is 0.417 e. The largest absolute Gasteiger partial charge is 0.417 e. The molecule has 0 atom stereocenters. The van der Waals surface area contributed by atoms with Gasteiger partial charge in [0, 0.05) is 5.56 Å². The minimum Gasteiger partial charge on any atom is -0.408 e. The lowest BCUT2D eigenvalue weighted by Gasteiger charge is -2.30. The summed E-state index contributed by atoms with van der Waals surface area (Å²) in [6, 6.07) is 3.70. The van der Waals surface area contributed by atoms with E-state index in [1.807, 2.05) is 0 Å². The summed E-state index contributed by atoms with van der Waals surface area (Å²) in [6.07, 6.45) is 0. The van der Waals surface area contributed by atoms with E-state index in [4.69, 9.17) is 10.2 Å². The van der Waals surface area contributed by atoms with Crippen molar-refractivity contribution in [2.75, 3.05) is 0 Å². The molecule has 4 nitrogen and oxygen atoms in total. The van der Waals surface area contributed by atoms with Crippen molar-refractivity contribution >= 4 is 11.1 Å². The van der Waals surface area contributed by atoms with Crippen molar-refractivity contribution in [3.05, 3.63) is 34.3 Å². The fraction of sp³-hybridized carbons (Fsp3) is 0.364. The van der Waals surface area contributed by atoms with E-state index < -0.39 is 17.2 Å². The second-order valence-corrected chi connectivity index (χ2v) is 4.52. The van der Waals surface area contributed by atoms with Crippen molar-refractivity contribution in [3.8, 4) is 0 Å². The first-order valence-corrected chi connectivity index (χ1v) is 5.02. The van der Waals surface area contributed by atoms with Gasteiger partial charge < -0.3 is 10.2 Å². The molecule has 1 aromatic carbocycles. The Morgan fingerprint density at radius 3 is 2.59 bits per heavy atom. The summed E-state index contributed by atoms with van der Waals surface area (Å²) in [5.41, 5.74) is 3.98. The third-order valence-electron chi connectivity index (χ3n) is 2.59. The highest BCUT2D eigenvalue weighted by Gasteiger charge is 2.45. The van der Waals surface area contributed by atoms with E-state index in [2.05, 4.69) is 4.98 Å². The average Bonchev–Trinajstić information content (AvgIpc) is 2.54. The van der Waals surface area contributed by atoms with Gasteiger partial charge in [-0.1, -0.05) is 0 Å². The number of nitrogens with one attached hydrogen (secondary N) is 1. The lowest BCUT2D eigenvalue weighted by atomic mass is 9.91. The van der Waals surface area contributed by atoms with Gasteiger partial charge in [-0.15, -0.1) is 0 Å². The highest BCUT2D eigenvalue weighted by Crippen LogP contribution is 2.37. The van der Waals surface area contributed by atoms with Gasteiger partial charge in [0.2, 0.25) is 0 Å². The van der Waals surface area contributed by atoms with Crippen LogP contribution in [0.3, 0.4) is 0 Å². The SMILES string of the molecule is CC(C)(N)C(F)(F)c1ccc2oc(=O)[nH]c2c1. The molecule has 0 fully saturated rings. The minimum atomic E-state index is -3.20. The van der Waals surface area contributed by atoms with Gasteiger partial charge in [0.05, 0.1) is 11.1 Å². The smallest absolute Gasteiger partial charge is 0.408 e. The van der Waals surface area contributed by atoms with E-state index in [-0.39, 0.29) is 16.7 Å². The first kappa shape index (κ1) is 11.8. The number of benzene rings is 1. The van der Waals surface area contributed by atoms with Crippen LogP contribution >= 0.6 is 0 Å².